The Morgan fingerprint density at radius 1 is 1.11 bits per heavy atom. The molecule has 150 valence electrons. The normalized spacial score (nSPS) is 14.7. The van der Waals surface area contributed by atoms with Crippen molar-refractivity contribution in [2.24, 2.45) is 0 Å². The Bertz CT molecular complexity index is 625. The number of carbonyl (C=O) groups is 2. The molecule has 1 aliphatic heterocycles. The Hall–Kier alpha value is -2.24. The summed E-state index contributed by atoms with van der Waals surface area (Å²) in [6.45, 7) is 3.57. The van der Waals surface area contributed by atoms with Gasteiger partial charge in [-0.05, 0) is 43.4 Å². The Morgan fingerprint density at radius 2 is 1.81 bits per heavy atom. The molecule has 6 nitrogen and oxygen atoms in total. The molecule has 6 heteroatoms. The number of nitrogens with zero attached hydrogens (tertiary/aromatic N) is 1. The van der Waals surface area contributed by atoms with E-state index in [2.05, 4.69) is 12.2 Å². The Kier molecular flexibility index (Phi) is 8.43. The number of carbonyl (C=O) groups excluding carboxylic acids is 2. The quantitative estimate of drug-likeness (QED) is 0.720. The molecule has 0 spiro atoms. The summed E-state index contributed by atoms with van der Waals surface area (Å²) in [7, 11) is 3.21. The van der Waals surface area contributed by atoms with Crippen molar-refractivity contribution in [1.29, 1.82) is 0 Å². The zero-order chi connectivity index (χ0) is 19.6. The fraction of sp³-hybridized carbons (Fsp3) is 0.619. The molecule has 2 amide bonds. The second-order valence-electron chi connectivity index (χ2n) is 7.02. The van der Waals surface area contributed by atoms with Crippen LogP contribution in [0, 0.1) is 0 Å². The number of unbranched alkanes of at least 4 members (excludes halogenated alkanes) is 1. The average molecular weight is 376 g/mol. The van der Waals surface area contributed by atoms with Gasteiger partial charge in [0.2, 0.25) is 11.8 Å². The lowest BCUT2D eigenvalue weighted by atomic mass is 10.0. The van der Waals surface area contributed by atoms with Crippen LogP contribution in [0.5, 0.6) is 11.5 Å². The van der Waals surface area contributed by atoms with E-state index in [-0.39, 0.29) is 17.9 Å². The van der Waals surface area contributed by atoms with Gasteiger partial charge >= 0.3 is 0 Å². The number of piperidine rings is 1. The molecule has 1 aromatic carbocycles. The lowest BCUT2D eigenvalue weighted by Crippen LogP contribution is -2.46. The molecule has 0 bridgehead atoms. The van der Waals surface area contributed by atoms with E-state index in [9.17, 15) is 9.59 Å². The summed E-state index contributed by atoms with van der Waals surface area (Å²) in [6.07, 6.45) is 5.38. The highest BCUT2D eigenvalue weighted by Gasteiger charge is 2.23. The van der Waals surface area contributed by atoms with Crippen LogP contribution in [0.4, 0.5) is 0 Å². The number of nitrogens with one attached hydrogen (secondary N) is 1. The van der Waals surface area contributed by atoms with Gasteiger partial charge in [-0.3, -0.25) is 9.59 Å². The number of rotatable bonds is 9. The molecule has 1 N–H and O–H groups in total. The zero-order valence-electron chi connectivity index (χ0n) is 16.8. The van der Waals surface area contributed by atoms with Gasteiger partial charge in [0.1, 0.15) is 0 Å². The van der Waals surface area contributed by atoms with Crippen molar-refractivity contribution in [3.63, 3.8) is 0 Å². The number of likely N-dealkylation sites (tertiary alicyclic amines) is 1. The van der Waals surface area contributed by atoms with Crippen molar-refractivity contribution < 1.29 is 19.1 Å². The third-order valence-electron chi connectivity index (χ3n) is 5.05. The van der Waals surface area contributed by atoms with Crippen molar-refractivity contribution >= 4 is 11.8 Å². The smallest absolute Gasteiger partial charge is 0.222 e. The third kappa shape index (κ3) is 6.45. The summed E-state index contributed by atoms with van der Waals surface area (Å²) < 4.78 is 10.5. The van der Waals surface area contributed by atoms with Gasteiger partial charge in [-0.1, -0.05) is 19.4 Å². The van der Waals surface area contributed by atoms with Crippen molar-refractivity contribution in [1.82, 2.24) is 10.2 Å². The summed E-state index contributed by atoms with van der Waals surface area (Å²) >= 11 is 0. The first kappa shape index (κ1) is 21.1. The van der Waals surface area contributed by atoms with Crippen molar-refractivity contribution in [2.75, 3.05) is 27.3 Å². The fourth-order valence-electron chi connectivity index (χ4n) is 3.35. The van der Waals surface area contributed by atoms with Crippen LogP contribution in [-0.2, 0) is 16.0 Å². The molecule has 0 unspecified atom stereocenters. The molecule has 0 aromatic heterocycles. The second-order valence-corrected chi connectivity index (χ2v) is 7.02. The van der Waals surface area contributed by atoms with Crippen LogP contribution in [0.15, 0.2) is 18.2 Å². The summed E-state index contributed by atoms with van der Waals surface area (Å²) in [4.78, 5) is 26.3. The monoisotopic (exact) mass is 376 g/mol. The van der Waals surface area contributed by atoms with Crippen LogP contribution in [0.1, 0.15) is 51.0 Å². The van der Waals surface area contributed by atoms with Gasteiger partial charge in [-0.2, -0.15) is 0 Å². The maximum absolute atomic E-state index is 12.3. The Labute approximate surface area is 162 Å². The van der Waals surface area contributed by atoms with Crippen LogP contribution in [0.2, 0.25) is 0 Å². The van der Waals surface area contributed by atoms with Crippen LogP contribution >= 0.6 is 0 Å². The van der Waals surface area contributed by atoms with E-state index >= 15 is 0 Å². The third-order valence-corrected chi connectivity index (χ3v) is 5.05. The van der Waals surface area contributed by atoms with Crippen molar-refractivity contribution in [2.45, 2.75) is 57.9 Å². The van der Waals surface area contributed by atoms with Crippen LogP contribution < -0.4 is 14.8 Å². The molecule has 0 aliphatic carbocycles. The number of hydrogen-bond donors (Lipinski definition) is 1. The van der Waals surface area contributed by atoms with E-state index in [0.717, 1.165) is 44.3 Å². The number of amides is 2. The summed E-state index contributed by atoms with van der Waals surface area (Å²) in [5.41, 5.74) is 1.04. The molecular formula is C21H32N2O4. The summed E-state index contributed by atoms with van der Waals surface area (Å²) in [6, 6.07) is 5.89. The molecule has 1 aliphatic rings. The van der Waals surface area contributed by atoms with E-state index in [4.69, 9.17) is 9.47 Å². The van der Waals surface area contributed by atoms with Gasteiger partial charge in [-0.15, -0.1) is 0 Å². The maximum Gasteiger partial charge on any atom is 0.222 e. The molecule has 1 saturated heterocycles. The van der Waals surface area contributed by atoms with Gasteiger partial charge in [0, 0.05) is 32.0 Å². The molecule has 27 heavy (non-hydrogen) atoms. The molecule has 1 aromatic rings. The van der Waals surface area contributed by atoms with Gasteiger partial charge in [0.25, 0.3) is 0 Å². The molecule has 0 radical (unpaired) electrons. The predicted octanol–water partition coefficient (Wildman–Crippen LogP) is 2.93. The lowest BCUT2D eigenvalue weighted by molar-refractivity contribution is -0.132. The predicted molar refractivity (Wildman–Crippen MR) is 105 cm³/mol. The average Bonchev–Trinajstić information content (AvgIpc) is 2.70. The molecule has 1 fully saturated rings. The highest BCUT2D eigenvalue weighted by Crippen LogP contribution is 2.28. The highest BCUT2D eigenvalue weighted by molar-refractivity contribution is 5.77. The Morgan fingerprint density at radius 3 is 2.44 bits per heavy atom. The molecular weight excluding hydrogens is 344 g/mol. The molecule has 0 saturated carbocycles. The topological polar surface area (TPSA) is 67.9 Å². The first-order valence-corrected chi connectivity index (χ1v) is 9.85. The fourth-order valence-corrected chi connectivity index (χ4v) is 3.35. The lowest BCUT2D eigenvalue weighted by Gasteiger charge is -2.32. The second kappa shape index (κ2) is 10.8. The summed E-state index contributed by atoms with van der Waals surface area (Å²) in [5, 5.41) is 3.11. The number of ether oxygens (including phenoxy) is 2. The Balaban J connectivity index is 1.73. The van der Waals surface area contributed by atoms with Gasteiger partial charge in [0.05, 0.1) is 14.2 Å². The summed E-state index contributed by atoms with van der Waals surface area (Å²) in [5.74, 6) is 1.66. The van der Waals surface area contributed by atoms with Crippen LogP contribution in [0.3, 0.4) is 0 Å². The zero-order valence-corrected chi connectivity index (χ0v) is 16.8. The van der Waals surface area contributed by atoms with E-state index in [1.165, 1.54) is 0 Å². The SMILES string of the molecule is CCCCC(=O)N1CCC(NC(=O)CCc2ccc(OC)c(OC)c2)CC1. The van der Waals surface area contributed by atoms with Crippen LogP contribution in [0.25, 0.3) is 0 Å². The standard InChI is InChI=1S/C21H32N2O4/c1-4-5-6-21(25)23-13-11-17(12-14-23)22-20(24)10-8-16-7-9-18(26-2)19(15-16)27-3/h7,9,15,17H,4-6,8,10-14H2,1-3H3,(H,22,24). The van der Waals surface area contributed by atoms with Crippen molar-refractivity contribution in [3.05, 3.63) is 23.8 Å². The first-order chi connectivity index (χ1) is 13.1. The van der Waals surface area contributed by atoms with E-state index < -0.39 is 0 Å². The van der Waals surface area contributed by atoms with E-state index in [1.807, 2.05) is 23.1 Å². The number of benzene rings is 1. The molecule has 2 rings (SSSR count). The maximum atomic E-state index is 12.3. The minimum absolute atomic E-state index is 0.0561. The first-order valence-electron chi connectivity index (χ1n) is 9.85. The van der Waals surface area contributed by atoms with Gasteiger partial charge < -0.3 is 19.7 Å². The molecule has 0 atom stereocenters. The molecule has 1 heterocycles. The van der Waals surface area contributed by atoms with Crippen molar-refractivity contribution in [3.8, 4) is 11.5 Å². The minimum Gasteiger partial charge on any atom is -0.493 e. The van der Waals surface area contributed by atoms with Crippen LogP contribution in [-0.4, -0.2) is 50.1 Å². The number of methoxy groups -OCH3 is 2. The largest absolute Gasteiger partial charge is 0.493 e. The minimum atomic E-state index is 0.0561. The highest BCUT2D eigenvalue weighted by atomic mass is 16.5. The number of aryl methyl sites for hydroxylation is 1. The van der Waals surface area contributed by atoms with Gasteiger partial charge in [0.15, 0.2) is 11.5 Å². The number of hydrogen-bond acceptors (Lipinski definition) is 4. The van der Waals surface area contributed by atoms with E-state index in [1.54, 1.807) is 14.2 Å². The van der Waals surface area contributed by atoms with Gasteiger partial charge in [-0.25, -0.2) is 0 Å². The van der Waals surface area contributed by atoms with E-state index in [0.29, 0.717) is 30.8 Å².